The number of hydrogen-bond acceptors (Lipinski definition) is 4. The highest BCUT2D eigenvalue weighted by atomic mass is 15.1. The summed E-state index contributed by atoms with van der Waals surface area (Å²) in [5, 5.41) is 6.64. The highest BCUT2D eigenvalue weighted by molar-refractivity contribution is 5.47. The Bertz CT molecular complexity index is 739. The summed E-state index contributed by atoms with van der Waals surface area (Å²) in [5.41, 5.74) is 3.72. The Hall–Kier alpha value is -2.88. The Labute approximate surface area is 136 Å². The normalized spacial score (nSPS) is 10.3. The summed E-state index contributed by atoms with van der Waals surface area (Å²) in [6.45, 7) is 3.58. The maximum Gasteiger partial charge on any atom is 0.131 e. The van der Waals surface area contributed by atoms with E-state index in [4.69, 9.17) is 0 Å². The zero-order valence-corrected chi connectivity index (χ0v) is 13.2. The van der Waals surface area contributed by atoms with Gasteiger partial charge in [0.2, 0.25) is 0 Å². The Morgan fingerprint density at radius 2 is 1.30 bits per heavy atom. The van der Waals surface area contributed by atoms with Gasteiger partial charge in [0, 0.05) is 19.2 Å². The number of nitrogens with zero attached hydrogens (tertiary/aromatic N) is 2. The second kappa shape index (κ2) is 7.40. The monoisotopic (exact) mass is 304 g/mol. The average Bonchev–Trinajstić information content (AvgIpc) is 2.61. The molecule has 0 saturated carbocycles. The second-order valence-electron chi connectivity index (χ2n) is 5.47. The molecular formula is C19H20N4. The van der Waals surface area contributed by atoms with Crippen LogP contribution in [0.5, 0.6) is 0 Å². The van der Waals surface area contributed by atoms with Crippen molar-refractivity contribution in [1.29, 1.82) is 0 Å². The molecule has 0 aliphatic heterocycles. The molecule has 0 unspecified atom stereocenters. The minimum Gasteiger partial charge on any atom is -0.366 e. The van der Waals surface area contributed by atoms with E-state index in [0.29, 0.717) is 0 Å². The summed E-state index contributed by atoms with van der Waals surface area (Å²) < 4.78 is 0. The van der Waals surface area contributed by atoms with Crippen molar-refractivity contribution in [3.05, 3.63) is 83.7 Å². The van der Waals surface area contributed by atoms with Gasteiger partial charge in [-0.2, -0.15) is 0 Å². The van der Waals surface area contributed by atoms with Crippen LogP contribution >= 0.6 is 0 Å². The largest absolute Gasteiger partial charge is 0.366 e. The molecule has 3 aromatic rings. The van der Waals surface area contributed by atoms with Crippen LogP contribution in [0.3, 0.4) is 0 Å². The Morgan fingerprint density at radius 3 is 1.91 bits per heavy atom. The number of aryl methyl sites for hydroxylation is 1. The summed E-state index contributed by atoms with van der Waals surface area (Å²) in [4.78, 5) is 8.52. The van der Waals surface area contributed by atoms with Gasteiger partial charge in [-0.05, 0) is 18.1 Å². The maximum atomic E-state index is 4.26. The van der Waals surface area contributed by atoms with Crippen LogP contribution in [0.1, 0.15) is 16.7 Å². The summed E-state index contributed by atoms with van der Waals surface area (Å²) in [6, 6.07) is 20.7. The fraction of sp³-hybridized carbons (Fsp3) is 0.158. The molecule has 0 aliphatic carbocycles. The van der Waals surface area contributed by atoms with E-state index in [2.05, 4.69) is 63.9 Å². The molecule has 2 aromatic carbocycles. The molecule has 3 rings (SSSR count). The van der Waals surface area contributed by atoms with Gasteiger partial charge in [0.25, 0.3) is 0 Å². The lowest BCUT2D eigenvalue weighted by Gasteiger charge is -2.09. The van der Waals surface area contributed by atoms with Gasteiger partial charge in [0.05, 0.1) is 0 Å². The van der Waals surface area contributed by atoms with E-state index in [1.807, 2.05) is 24.3 Å². The van der Waals surface area contributed by atoms with Gasteiger partial charge in [-0.1, -0.05) is 60.2 Å². The molecule has 0 bridgehead atoms. The van der Waals surface area contributed by atoms with Crippen LogP contribution in [-0.2, 0) is 13.1 Å². The lowest BCUT2D eigenvalue weighted by Crippen LogP contribution is -2.05. The molecule has 2 N–H and O–H groups in total. The number of anilines is 2. The first-order valence-electron chi connectivity index (χ1n) is 7.69. The minimum absolute atomic E-state index is 0.745. The van der Waals surface area contributed by atoms with E-state index in [1.54, 1.807) is 6.33 Å². The van der Waals surface area contributed by atoms with Crippen LogP contribution in [0.15, 0.2) is 67.0 Å². The Morgan fingerprint density at radius 1 is 0.739 bits per heavy atom. The summed E-state index contributed by atoms with van der Waals surface area (Å²) in [6.07, 6.45) is 1.57. The molecule has 0 spiro atoms. The van der Waals surface area contributed by atoms with E-state index in [-0.39, 0.29) is 0 Å². The molecule has 1 aromatic heterocycles. The number of aromatic nitrogens is 2. The molecule has 4 nitrogen and oxygen atoms in total. The van der Waals surface area contributed by atoms with E-state index in [9.17, 15) is 0 Å². The topological polar surface area (TPSA) is 49.8 Å². The van der Waals surface area contributed by atoms with Crippen LogP contribution in [0.2, 0.25) is 0 Å². The van der Waals surface area contributed by atoms with Crippen LogP contribution in [0.4, 0.5) is 11.6 Å². The van der Waals surface area contributed by atoms with Gasteiger partial charge in [-0.15, -0.1) is 0 Å². The average molecular weight is 304 g/mol. The van der Waals surface area contributed by atoms with Gasteiger partial charge < -0.3 is 10.6 Å². The quantitative estimate of drug-likeness (QED) is 0.722. The van der Waals surface area contributed by atoms with E-state index < -0.39 is 0 Å². The molecule has 0 atom stereocenters. The maximum absolute atomic E-state index is 4.26. The summed E-state index contributed by atoms with van der Waals surface area (Å²) >= 11 is 0. The van der Waals surface area contributed by atoms with Crippen molar-refractivity contribution >= 4 is 11.6 Å². The smallest absolute Gasteiger partial charge is 0.131 e. The molecule has 0 aliphatic rings. The zero-order chi connectivity index (χ0) is 15.9. The van der Waals surface area contributed by atoms with Crippen LogP contribution in [0, 0.1) is 6.92 Å². The molecule has 0 saturated heterocycles. The SMILES string of the molecule is Cc1ccc(CNc2cc(NCc3ccccc3)ncn2)cc1. The van der Waals surface area contributed by atoms with Crippen LogP contribution in [0.25, 0.3) is 0 Å². The Kier molecular flexibility index (Phi) is 4.84. The first-order valence-corrected chi connectivity index (χ1v) is 7.69. The van der Waals surface area contributed by atoms with Crippen LogP contribution < -0.4 is 10.6 Å². The van der Waals surface area contributed by atoms with Gasteiger partial charge >= 0.3 is 0 Å². The highest BCUT2D eigenvalue weighted by Crippen LogP contribution is 2.12. The van der Waals surface area contributed by atoms with Crippen molar-refractivity contribution < 1.29 is 0 Å². The van der Waals surface area contributed by atoms with Crippen molar-refractivity contribution in [2.24, 2.45) is 0 Å². The number of hydrogen-bond donors (Lipinski definition) is 2. The van der Waals surface area contributed by atoms with Crippen molar-refractivity contribution in [3.8, 4) is 0 Å². The molecule has 0 fully saturated rings. The molecule has 1 heterocycles. The summed E-state index contributed by atoms with van der Waals surface area (Å²) in [5.74, 6) is 1.63. The third-order valence-electron chi connectivity index (χ3n) is 3.58. The zero-order valence-electron chi connectivity index (χ0n) is 13.2. The summed E-state index contributed by atoms with van der Waals surface area (Å²) in [7, 11) is 0. The first-order chi connectivity index (χ1) is 11.3. The lowest BCUT2D eigenvalue weighted by atomic mass is 10.1. The first kappa shape index (κ1) is 15.0. The van der Waals surface area contributed by atoms with Crippen molar-refractivity contribution in [2.45, 2.75) is 20.0 Å². The van der Waals surface area contributed by atoms with Crippen LogP contribution in [-0.4, -0.2) is 9.97 Å². The van der Waals surface area contributed by atoms with E-state index >= 15 is 0 Å². The molecule has 0 amide bonds. The molecule has 116 valence electrons. The third-order valence-corrected chi connectivity index (χ3v) is 3.58. The number of nitrogens with one attached hydrogen (secondary N) is 2. The molecule has 0 radical (unpaired) electrons. The van der Waals surface area contributed by atoms with Crippen molar-refractivity contribution in [3.63, 3.8) is 0 Å². The highest BCUT2D eigenvalue weighted by Gasteiger charge is 1.99. The molecular weight excluding hydrogens is 284 g/mol. The Balaban J connectivity index is 1.57. The fourth-order valence-electron chi connectivity index (χ4n) is 2.24. The van der Waals surface area contributed by atoms with Crippen molar-refractivity contribution in [1.82, 2.24) is 9.97 Å². The molecule has 23 heavy (non-hydrogen) atoms. The molecule has 4 heteroatoms. The van der Waals surface area contributed by atoms with E-state index in [1.165, 1.54) is 16.7 Å². The van der Waals surface area contributed by atoms with Gasteiger partial charge in [-0.25, -0.2) is 9.97 Å². The lowest BCUT2D eigenvalue weighted by molar-refractivity contribution is 1.05. The van der Waals surface area contributed by atoms with Crippen molar-refractivity contribution in [2.75, 3.05) is 10.6 Å². The standard InChI is InChI=1S/C19H20N4/c1-15-7-9-17(10-8-15)13-21-19-11-18(22-14-23-19)20-12-16-5-3-2-4-6-16/h2-11,14H,12-13H2,1H3,(H2,20,21,22,23). The second-order valence-corrected chi connectivity index (χ2v) is 5.47. The predicted molar refractivity (Wildman–Crippen MR) is 94.3 cm³/mol. The minimum atomic E-state index is 0.745. The van der Waals surface area contributed by atoms with Gasteiger partial charge in [0.1, 0.15) is 18.0 Å². The third kappa shape index (κ3) is 4.54. The fourth-order valence-corrected chi connectivity index (χ4v) is 2.24. The number of rotatable bonds is 6. The van der Waals surface area contributed by atoms with E-state index in [0.717, 1.165) is 24.7 Å². The predicted octanol–water partition coefficient (Wildman–Crippen LogP) is 4.01. The van der Waals surface area contributed by atoms with Gasteiger partial charge in [-0.3, -0.25) is 0 Å². The number of benzene rings is 2. The van der Waals surface area contributed by atoms with Gasteiger partial charge in [0.15, 0.2) is 0 Å².